The molecule has 0 aromatic heterocycles. The predicted octanol–water partition coefficient (Wildman–Crippen LogP) is 3.61. The van der Waals surface area contributed by atoms with E-state index in [1.54, 1.807) is 0 Å². The van der Waals surface area contributed by atoms with Crippen molar-refractivity contribution in [2.24, 2.45) is 17.3 Å². The molecule has 0 radical (unpaired) electrons. The minimum absolute atomic E-state index is 0.526. The van der Waals surface area contributed by atoms with Crippen LogP contribution in [0, 0.1) is 17.3 Å². The van der Waals surface area contributed by atoms with Crippen molar-refractivity contribution in [1.82, 2.24) is 5.32 Å². The molecule has 106 valence electrons. The second-order valence-corrected chi connectivity index (χ2v) is 7.44. The highest BCUT2D eigenvalue weighted by molar-refractivity contribution is 4.86. The first-order valence-electron chi connectivity index (χ1n) is 7.86. The largest absolute Gasteiger partial charge is 0.381 e. The third kappa shape index (κ3) is 5.27. The van der Waals surface area contributed by atoms with Crippen LogP contribution in [0.25, 0.3) is 0 Å². The summed E-state index contributed by atoms with van der Waals surface area (Å²) in [5.74, 6) is 1.77. The monoisotopic (exact) mass is 253 g/mol. The van der Waals surface area contributed by atoms with E-state index in [-0.39, 0.29) is 0 Å². The zero-order valence-electron chi connectivity index (χ0n) is 12.5. The van der Waals surface area contributed by atoms with E-state index in [1.807, 2.05) is 0 Å². The Balaban J connectivity index is 1.52. The minimum atomic E-state index is 0.526. The Morgan fingerprint density at radius 2 is 2.00 bits per heavy atom. The second-order valence-electron chi connectivity index (χ2n) is 7.44. The first-order valence-corrected chi connectivity index (χ1v) is 7.86. The normalized spacial score (nSPS) is 31.5. The van der Waals surface area contributed by atoms with Gasteiger partial charge in [0.15, 0.2) is 0 Å². The molecule has 0 aromatic rings. The van der Waals surface area contributed by atoms with Gasteiger partial charge in [-0.15, -0.1) is 0 Å². The third-order valence-corrected chi connectivity index (χ3v) is 4.34. The molecule has 1 N–H and O–H groups in total. The van der Waals surface area contributed by atoms with Crippen molar-refractivity contribution in [1.29, 1.82) is 0 Å². The highest BCUT2D eigenvalue weighted by Crippen LogP contribution is 2.38. The number of nitrogens with one attached hydrogen (secondary N) is 1. The molecule has 2 atom stereocenters. The van der Waals surface area contributed by atoms with E-state index >= 15 is 0 Å². The minimum Gasteiger partial charge on any atom is -0.381 e. The molecule has 0 heterocycles. The molecule has 0 aliphatic heterocycles. The zero-order chi connectivity index (χ0) is 13.0. The average molecular weight is 253 g/mol. The van der Waals surface area contributed by atoms with E-state index in [0.29, 0.717) is 5.41 Å². The van der Waals surface area contributed by atoms with Crippen LogP contribution in [-0.4, -0.2) is 25.8 Å². The number of hydrogen-bond donors (Lipinski definition) is 1. The van der Waals surface area contributed by atoms with E-state index in [2.05, 4.69) is 26.1 Å². The van der Waals surface area contributed by atoms with Crippen molar-refractivity contribution in [3.63, 3.8) is 0 Å². The highest BCUT2D eigenvalue weighted by atomic mass is 16.5. The van der Waals surface area contributed by atoms with Crippen LogP contribution in [-0.2, 0) is 4.74 Å². The smallest absolute Gasteiger partial charge is 0.0494 e. The van der Waals surface area contributed by atoms with Gasteiger partial charge in [0.25, 0.3) is 0 Å². The maximum absolute atomic E-state index is 5.67. The topological polar surface area (TPSA) is 21.3 Å². The molecule has 2 rings (SSSR count). The van der Waals surface area contributed by atoms with Crippen LogP contribution in [0.5, 0.6) is 0 Å². The quantitative estimate of drug-likeness (QED) is 0.700. The molecular weight excluding hydrogens is 222 g/mol. The maximum Gasteiger partial charge on any atom is 0.0494 e. The molecule has 0 amide bonds. The van der Waals surface area contributed by atoms with Gasteiger partial charge in [0.1, 0.15) is 0 Å². The van der Waals surface area contributed by atoms with E-state index < -0.39 is 0 Å². The molecule has 18 heavy (non-hydrogen) atoms. The van der Waals surface area contributed by atoms with Gasteiger partial charge >= 0.3 is 0 Å². The Kier molecular flexibility index (Phi) is 5.08. The zero-order valence-corrected chi connectivity index (χ0v) is 12.5. The Bertz CT molecular complexity index is 247. The number of hydrogen-bond acceptors (Lipinski definition) is 2. The summed E-state index contributed by atoms with van der Waals surface area (Å²) in [6, 6.07) is 0.729. The Morgan fingerprint density at radius 3 is 2.67 bits per heavy atom. The first-order chi connectivity index (χ1) is 8.55. The molecule has 2 nitrogen and oxygen atoms in total. The van der Waals surface area contributed by atoms with Gasteiger partial charge in [0.05, 0.1) is 0 Å². The summed E-state index contributed by atoms with van der Waals surface area (Å²) >= 11 is 0. The predicted molar refractivity (Wildman–Crippen MR) is 76.7 cm³/mol. The van der Waals surface area contributed by atoms with Gasteiger partial charge in [-0.1, -0.05) is 20.8 Å². The van der Waals surface area contributed by atoms with Crippen LogP contribution in [0.3, 0.4) is 0 Å². The molecule has 0 saturated heterocycles. The number of ether oxygens (including phenoxy) is 1. The van der Waals surface area contributed by atoms with Crippen molar-refractivity contribution in [2.45, 2.75) is 65.3 Å². The van der Waals surface area contributed by atoms with E-state index in [0.717, 1.165) is 44.1 Å². The third-order valence-electron chi connectivity index (χ3n) is 4.34. The summed E-state index contributed by atoms with van der Waals surface area (Å²) in [6.07, 6.45) is 8.03. The van der Waals surface area contributed by atoms with Crippen molar-refractivity contribution >= 4 is 0 Å². The van der Waals surface area contributed by atoms with Gasteiger partial charge in [0.2, 0.25) is 0 Å². The van der Waals surface area contributed by atoms with Crippen LogP contribution in [0.1, 0.15) is 59.3 Å². The molecule has 2 saturated carbocycles. The van der Waals surface area contributed by atoms with Gasteiger partial charge in [-0.2, -0.15) is 0 Å². The maximum atomic E-state index is 5.67. The van der Waals surface area contributed by atoms with Gasteiger partial charge in [-0.25, -0.2) is 0 Å². The summed E-state index contributed by atoms with van der Waals surface area (Å²) in [6.45, 7) is 10.3. The fourth-order valence-electron chi connectivity index (χ4n) is 3.52. The highest BCUT2D eigenvalue weighted by Gasteiger charge is 2.31. The SMILES string of the molecule is CC1CC(NCCCOCC2CC2)CC(C)(C)C1. The van der Waals surface area contributed by atoms with Crippen LogP contribution in [0.4, 0.5) is 0 Å². The summed E-state index contributed by atoms with van der Waals surface area (Å²) in [7, 11) is 0. The standard InChI is InChI=1S/C16H31NO/c1-13-9-15(11-16(2,3)10-13)17-7-4-8-18-12-14-5-6-14/h13-15,17H,4-12H2,1-3H3. The van der Waals surface area contributed by atoms with Crippen molar-refractivity contribution in [3.05, 3.63) is 0 Å². The average Bonchev–Trinajstić information content (AvgIpc) is 3.04. The molecule has 2 heteroatoms. The summed E-state index contributed by atoms with van der Waals surface area (Å²) in [5.41, 5.74) is 0.526. The Labute approximate surface area is 113 Å². The van der Waals surface area contributed by atoms with Crippen molar-refractivity contribution < 1.29 is 4.74 Å². The van der Waals surface area contributed by atoms with Crippen LogP contribution < -0.4 is 5.32 Å². The summed E-state index contributed by atoms with van der Waals surface area (Å²) in [4.78, 5) is 0. The van der Waals surface area contributed by atoms with E-state index in [1.165, 1.54) is 32.1 Å². The molecule has 2 aliphatic carbocycles. The Hall–Kier alpha value is -0.0800. The van der Waals surface area contributed by atoms with Gasteiger partial charge in [0, 0.05) is 19.3 Å². The molecule has 0 bridgehead atoms. The molecule has 0 spiro atoms. The molecule has 2 unspecified atom stereocenters. The summed E-state index contributed by atoms with van der Waals surface area (Å²) in [5, 5.41) is 3.73. The van der Waals surface area contributed by atoms with Gasteiger partial charge in [-0.05, 0) is 62.3 Å². The lowest BCUT2D eigenvalue weighted by atomic mass is 9.70. The van der Waals surface area contributed by atoms with Gasteiger partial charge < -0.3 is 10.1 Å². The fraction of sp³-hybridized carbons (Fsp3) is 1.00. The molecular formula is C16H31NO. The Morgan fingerprint density at radius 1 is 1.22 bits per heavy atom. The van der Waals surface area contributed by atoms with E-state index in [4.69, 9.17) is 4.74 Å². The second kappa shape index (κ2) is 6.38. The fourth-order valence-corrected chi connectivity index (χ4v) is 3.52. The lowest BCUT2D eigenvalue weighted by molar-refractivity contribution is 0.116. The lowest BCUT2D eigenvalue weighted by Crippen LogP contribution is -2.40. The molecule has 2 aliphatic rings. The van der Waals surface area contributed by atoms with Crippen molar-refractivity contribution in [2.75, 3.05) is 19.8 Å². The summed E-state index contributed by atoms with van der Waals surface area (Å²) < 4.78 is 5.67. The van der Waals surface area contributed by atoms with Gasteiger partial charge in [-0.3, -0.25) is 0 Å². The van der Waals surface area contributed by atoms with Crippen LogP contribution >= 0.6 is 0 Å². The molecule has 2 fully saturated rings. The van der Waals surface area contributed by atoms with E-state index in [9.17, 15) is 0 Å². The van der Waals surface area contributed by atoms with Crippen LogP contribution in [0.2, 0.25) is 0 Å². The molecule has 0 aromatic carbocycles. The van der Waals surface area contributed by atoms with Crippen LogP contribution in [0.15, 0.2) is 0 Å². The number of rotatable bonds is 7. The lowest BCUT2D eigenvalue weighted by Gasteiger charge is -2.39. The van der Waals surface area contributed by atoms with Crippen molar-refractivity contribution in [3.8, 4) is 0 Å². The first kappa shape index (κ1) is 14.3.